The van der Waals surface area contributed by atoms with E-state index in [9.17, 15) is 19.3 Å². The van der Waals surface area contributed by atoms with E-state index >= 15 is 0 Å². The number of hydrogen-bond acceptors (Lipinski definition) is 5. The molecule has 176 valence electrons. The van der Waals surface area contributed by atoms with Crippen LogP contribution in [-0.4, -0.2) is 25.5 Å². The number of rotatable bonds is 7. The molecule has 1 aliphatic heterocycles. The van der Waals surface area contributed by atoms with Gasteiger partial charge in [-0.2, -0.15) is 5.10 Å². The fraction of sp³-hybridized carbons (Fsp3) is 0.154. The van der Waals surface area contributed by atoms with Gasteiger partial charge in [-0.15, -0.1) is 0 Å². The molecule has 1 aliphatic rings. The van der Waals surface area contributed by atoms with Crippen LogP contribution in [0.25, 0.3) is 11.1 Å². The summed E-state index contributed by atoms with van der Waals surface area (Å²) in [6.45, 7) is 3.56. The smallest absolute Gasteiger partial charge is 0.314 e. The van der Waals surface area contributed by atoms with Gasteiger partial charge in [0.1, 0.15) is 5.75 Å². The van der Waals surface area contributed by atoms with Crippen molar-refractivity contribution in [1.29, 1.82) is 0 Å². The number of carbonyl (C=O) groups excluding carboxylic acids is 1. The first-order valence-electron chi connectivity index (χ1n) is 11.1. The van der Waals surface area contributed by atoms with Crippen LogP contribution in [0.3, 0.4) is 0 Å². The maximum absolute atomic E-state index is 14.4. The van der Waals surface area contributed by atoms with E-state index in [1.807, 2.05) is 48.3 Å². The molecule has 0 atom stereocenters. The Morgan fingerprint density at radius 1 is 1.09 bits per heavy atom. The number of aryl methyl sites for hydroxylation is 1. The van der Waals surface area contributed by atoms with E-state index in [0.717, 1.165) is 40.9 Å². The van der Waals surface area contributed by atoms with Gasteiger partial charge in [-0.25, -0.2) is 4.39 Å². The Hall–Kier alpha value is -4.53. The third kappa shape index (κ3) is 4.23. The number of nitro benzene ring substituents is 1. The summed E-state index contributed by atoms with van der Waals surface area (Å²) >= 11 is 0. The highest BCUT2D eigenvalue weighted by molar-refractivity contribution is 6.01. The summed E-state index contributed by atoms with van der Waals surface area (Å²) in [7, 11) is 0. The minimum Gasteiger partial charge on any atom is -0.446 e. The molecule has 3 aromatic carbocycles. The Balaban J connectivity index is 1.36. The first-order chi connectivity index (χ1) is 16.9. The largest absolute Gasteiger partial charge is 0.446 e. The predicted molar refractivity (Wildman–Crippen MR) is 126 cm³/mol. The molecule has 1 aromatic heterocycles. The minimum atomic E-state index is -0.872. The van der Waals surface area contributed by atoms with Crippen molar-refractivity contribution >= 4 is 11.6 Å². The number of nitrogens with zero attached hydrogens (tertiary/aromatic N) is 4. The zero-order chi connectivity index (χ0) is 24.5. The number of aromatic nitrogens is 2. The van der Waals surface area contributed by atoms with E-state index in [1.54, 1.807) is 17.0 Å². The lowest BCUT2D eigenvalue weighted by atomic mass is 10.1. The van der Waals surface area contributed by atoms with Gasteiger partial charge < -0.3 is 9.64 Å². The van der Waals surface area contributed by atoms with Crippen LogP contribution < -0.4 is 4.74 Å². The molecule has 0 spiro atoms. The van der Waals surface area contributed by atoms with Crippen LogP contribution in [0.2, 0.25) is 0 Å². The van der Waals surface area contributed by atoms with Crippen LogP contribution in [0, 0.1) is 15.9 Å². The van der Waals surface area contributed by atoms with Crippen molar-refractivity contribution < 1.29 is 18.8 Å². The maximum Gasteiger partial charge on any atom is 0.314 e. The first-order valence-corrected chi connectivity index (χ1v) is 11.1. The van der Waals surface area contributed by atoms with Gasteiger partial charge in [0, 0.05) is 37.5 Å². The van der Waals surface area contributed by atoms with Gasteiger partial charge in [-0.3, -0.25) is 19.6 Å². The summed E-state index contributed by atoms with van der Waals surface area (Å²) in [6, 6.07) is 16.4. The molecular formula is C26H21FN4O4. The van der Waals surface area contributed by atoms with Gasteiger partial charge in [0.05, 0.1) is 16.7 Å². The SMILES string of the molecule is CCn1cc(-c2ccc(CN3Cc4cccc(Oc5c(F)cccc5[N+](=O)[O-])c4C3=O)cc2)cn1. The number of ether oxygens (including phenoxy) is 1. The summed E-state index contributed by atoms with van der Waals surface area (Å²) in [5.41, 5.74) is 3.50. The molecule has 0 N–H and O–H groups in total. The molecule has 0 aliphatic carbocycles. The van der Waals surface area contributed by atoms with Gasteiger partial charge in [-0.1, -0.05) is 42.5 Å². The van der Waals surface area contributed by atoms with Crippen molar-refractivity contribution in [3.8, 4) is 22.6 Å². The topological polar surface area (TPSA) is 90.5 Å². The number of amides is 1. The Morgan fingerprint density at radius 2 is 1.86 bits per heavy atom. The first kappa shape index (κ1) is 22.3. The van der Waals surface area contributed by atoms with Gasteiger partial charge in [0.25, 0.3) is 5.91 Å². The van der Waals surface area contributed by atoms with Crippen molar-refractivity contribution in [2.45, 2.75) is 26.6 Å². The van der Waals surface area contributed by atoms with Crippen molar-refractivity contribution in [3.63, 3.8) is 0 Å². The van der Waals surface area contributed by atoms with E-state index in [1.165, 1.54) is 12.1 Å². The van der Waals surface area contributed by atoms with Crippen LogP contribution in [0.4, 0.5) is 10.1 Å². The highest BCUT2D eigenvalue weighted by Gasteiger charge is 2.32. The minimum absolute atomic E-state index is 0.0893. The number of nitro groups is 1. The third-order valence-corrected chi connectivity index (χ3v) is 5.95. The lowest BCUT2D eigenvalue weighted by Crippen LogP contribution is -2.23. The van der Waals surface area contributed by atoms with Crippen LogP contribution in [-0.2, 0) is 19.6 Å². The molecule has 1 amide bonds. The van der Waals surface area contributed by atoms with Crippen LogP contribution in [0.5, 0.6) is 11.5 Å². The summed E-state index contributed by atoms with van der Waals surface area (Å²) in [5.74, 6) is -1.57. The average molecular weight is 472 g/mol. The highest BCUT2D eigenvalue weighted by atomic mass is 19.1. The Bertz CT molecular complexity index is 1430. The molecular weight excluding hydrogens is 451 g/mol. The molecule has 0 saturated carbocycles. The van der Waals surface area contributed by atoms with E-state index in [0.29, 0.717) is 13.1 Å². The number of hydrogen-bond donors (Lipinski definition) is 0. The summed E-state index contributed by atoms with van der Waals surface area (Å²) in [6.07, 6.45) is 3.80. The third-order valence-electron chi connectivity index (χ3n) is 5.95. The molecule has 35 heavy (non-hydrogen) atoms. The lowest BCUT2D eigenvalue weighted by Gasteiger charge is -2.16. The quantitative estimate of drug-likeness (QED) is 0.259. The second kappa shape index (κ2) is 9.02. The molecule has 0 bridgehead atoms. The number of para-hydroxylation sites is 1. The molecule has 4 aromatic rings. The normalized spacial score (nSPS) is 12.6. The zero-order valence-electron chi connectivity index (χ0n) is 18.8. The highest BCUT2D eigenvalue weighted by Crippen LogP contribution is 2.38. The summed E-state index contributed by atoms with van der Waals surface area (Å²) < 4.78 is 21.8. The van der Waals surface area contributed by atoms with E-state index in [-0.39, 0.29) is 17.2 Å². The molecule has 5 rings (SSSR count). The molecule has 9 heteroatoms. The number of benzene rings is 3. The van der Waals surface area contributed by atoms with Gasteiger partial charge in [0.15, 0.2) is 5.82 Å². The van der Waals surface area contributed by atoms with Gasteiger partial charge >= 0.3 is 5.69 Å². The van der Waals surface area contributed by atoms with Crippen LogP contribution >= 0.6 is 0 Å². The number of halogens is 1. The second-order valence-corrected chi connectivity index (χ2v) is 8.18. The van der Waals surface area contributed by atoms with E-state index < -0.39 is 22.2 Å². The zero-order valence-corrected chi connectivity index (χ0v) is 18.8. The molecule has 0 radical (unpaired) electrons. The van der Waals surface area contributed by atoms with Crippen molar-refractivity contribution in [1.82, 2.24) is 14.7 Å². The lowest BCUT2D eigenvalue weighted by molar-refractivity contribution is -0.385. The standard InChI is InChI=1S/C26H21FN4O4/c1-2-30-16-20(13-28-30)18-11-9-17(10-12-18)14-29-15-19-5-3-8-23(24(19)26(29)32)35-25-21(27)6-4-7-22(25)31(33)34/h3-13,16H,2,14-15H2,1H3. The second-order valence-electron chi connectivity index (χ2n) is 8.18. The Morgan fingerprint density at radius 3 is 2.57 bits per heavy atom. The van der Waals surface area contributed by atoms with Gasteiger partial charge in [0.2, 0.25) is 5.75 Å². The molecule has 8 nitrogen and oxygen atoms in total. The average Bonchev–Trinajstić information content (AvgIpc) is 3.46. The fourth-order valence-corrected chi connectivity index (χ4v) is 4.16. The molecule has 2 heterocycles. The van der Waals surface area contributed by atoms with E-state index in [2.05, 4.69) is 5.10 Å². The maximum atomic E-state index is 14.4. The number of fused-ring (bicyclic) bond motifs is 1. The molecule has 0 fully saturated rings. The Labute approximate surface area is 200 Å². The fourth-order valence-electron chi connectivity index (χ4n) is 4.16. The van der Waals surface area contributed by atoms with Crippen molar-refractivity contribution in [2.24, 2.45) is 0 Å². The monoisotopic (exact) mass is 472 g/mol. The molecule has 0 saturated heterocycles. The van der Waals surface area contributed by atoms with Crippen LogP contribution in [0.1, 0.15) is 28.4 Å². The van der Waals surface area contributed by atoms with Gasteiger partial charge in [-0.05, 0) is 35.7 Å². The van der Waals surface area contributed by atoms with Crippen molar-refractivity contribution in [3.05, 3.63) is 106 Å². The Kier molecular flexibility index (Phi) is 5.74. The van der Waals surface area contributed by atoms with Crippen molar-refractivity contribution in [2.75, 3.05) is 0 Å². The summed E-state index contributed by atoms with van der Waals surface area (Å²) in [4.78, 5) is 25.5. The predicted octanol–water partition coefficient (Wildman–Crippen LogP) is 5.57. The summed E-state index contributed by atoms with van der Waals surface area (Å²) in [5, 5.41) is 15.6. The van der Waals surface area contributed by atoms with Crippen LogP contribution in [0.15, 0.2) is 73.1 Å². The molecule has 0 unspecified atom stereocenters. The van der Waals surface area contributed by atoms with E-state index in [4.69, 9.17) is 4.74 Å². The number of carbonyl (C=O) groups is 1.